The lowest BCUT2D eigenvalue weighted by Gasteiger charge is -2.39. The summed E-state index contributed by atoms with van der Waals surface area (Å²) in [5.41, 5.74) is 0.856. The molecule has 4 nitrogen and oxygen atoms in total. The molecule has 0 N–H and O–H groups in total. The molecule has 2 aliphatic rings. The van der Waals surface area contributed by atoms with Crippen molar-refractivity contribution in [3.8, 4) is 5.75 Å². The van der Waals surface area contributed by atoms with Crippen molar-refractivity contribution in [2.75, 3.05) is 6.61 Å². The van der Waals surface area contributed by atoms with E-state index in [1.165, 1.54) is 23.7 Å². The van der Waals surface area contributed by atoms with E-state index in [1.807, 2.05) is 24.3 Å². The number of para-hydroxylation sites is 1. The summed E-state index contributed by atoms with van der Waals surface area (Å²) in [7, 11) is 0. The van der Waals surface area contributed by atoms with Crippen LogP contribution in [0.5, 0.6) is 5.75 Å². The van der Waals surface area contributed by atoms with E-state index in [-0.39, 0.29) is 16.5 Å². The zero-order chi connectivity index (χ0) is 17.6. The third-order valence-electron chi connectivity index (χ3n) is 4.26. The number of benzene rings is 2. The van der Waals surface area contributed by atoms with Gasteiger partial charge in [-0.1, -0.05) is 30.0 Å². The van der Waals surface area contributed by atoms with Crippen molar-refractivity contribution in [2.45, 2.75) is 18.2 Å². The number of hydrogen-bond acceptors (Lipinski definition) is 4. The number of nitrogens with zero attached hydrogens (tertiary/aromatic N) is 2. The van der Waals surface area contributed by atoms with E-state index in [2.05, 4.69) is 5.10 Å². The van der Waals surface area contributed by atoms with Gasteiger partial charge in [-0.15, -0.1) is 0 Å². The maximum atomic E-state index is 14.2. The third-order valence-corrected chi connectivity index (χ3v) is 5.69. The summed E-state index contributed by atoms with van der Waals surface area (Å²) in [4.78, 5) is 11.4. The molecule has 7 heteroatoms. The van der Waals surface area contributed by atoms with E-state index in [0.717, 1.165) is 23.8 Å². The number of thioether (sulfide) groups is 1. The molecule has 0 unspecified atom stereocenters. The van der Waals surface area contributed by atoms with Crippen LogP contribution in [0.4, 0.5) is 8.78 Å². The molecule has 2 aromatic rings. The zero-order valence-corrected chi connectivity index (χ0v) is 14.1. The second-order valence-corrected chi connectivity index (χ2v) is 7.11. The maximum absolute atomic E-state index is 14.2. The highest BCUT2D eigenvalue weighted by Gasteiger charge is 2.51. The normalized spacial score (nSPS) is 21.7. The number of carbonyl (C=O) groups is 1. The number of amides is 1. The fourth-order valence-electron chi connectivity index (χ4n) is 3.17. The van der Waals surface area contributed by atoms with Crippen LogP contribution < -0.4 is 4.74 Å². The van der Waals surface area contributed by atoms with Crippen LogP contribution in [-0.4, -0.2) is 22.6 Å². The molecule has 128 valence electrons. The average molecular weight is 360 g/mol. The molecule has 0 saturated heterocycles. The van der Waals surface area contributed by atoms with Gasteiger partial charge in [-0.2, -0.15) is 5.10 Å². The van der Waals surface area contributed by atoms with Gasteiger partial charge < -0.3 is 4.74 Å². The van der Waals surface area contributed by atoms with Gasteiger partial charge in [0.15, 0.2) is 0 Å². The van der Waals surface area contributed by atoms with Crippen LogP contribution in [0.2, 0.25) is 0 Å². The SMILES string of the molecule is CC(=O)N1N=C(c2cc(F)ccc2F)S[C@@]12CCOc1ccccc12. The predicted octanol–water partition coefficient (Wildman–Crippen LogP) is 3.86. The summed E-state index contributed by atoms with van der Waals surface area (Å²) in [6.45, 7) is 1.82. The van der Waals surface area contributed by atoms with Crippen molar-refractivity contribution < 1.29 is 18.3 Å². The molecule has 0 fully saturated rings. The van der Waals surface area contributed by atoms with Gasteiger partial charge in [-0.05, 0) is 24.3 Å². The minimum absolute atomic E-state index is 0.0529. The first kappa shape index (κ1) is 16.1. The van der Waals surface area contributed by atoms with Crippen LogP contribution in [0.1, 0.15) is 24.5 Å². The Hall–Kier alpha value is -2.41. The largest absolute Gasteiger partial charge is 0.493 e. The van der Waals surface area contributed by atoms with Gasteiger partial charge in [-0.3, -0.25) is 4.79 Å². The highest BCUT2D eigenvalue weighted by molar-refractivity contribution is 8.15. The minimum atomic E-state index is -0.811. The van der Waals surface area contributed by atoms with Gasteiger partial charge in [0, 0.05) is 24.5 Å². The molecular formula is C18H14F2N2O2S. The molecule has 25 heavy (non-hydrogen) atoms. The highest BCUT2D eigenvalue weighted by Crippen LogP contribution is 2.54. The minimum Gasteiger partial charge on any atom is -0.493 e. The molecule has 0 aliphatic carbocycles. The van der Waals surface area contributed by atoms with Gasteiger partial charge in [0.25, 0.3) is 0 Å². The first-order chi connectivity index (χ1) is 12.0. The van der Waals surface area contributed by atoms with Crippen LogP contribution in [0.15, 0.2) is 47.6 Å². The first-order valence-electron chi connectivity index (χ1n) is 7.77. The van der Waals surface area contributed by atoms with Crippen molar-refractivity contribution in [2.24, 2.45) is 5.10 Å². The molecule has 0 radical (unpaired) electrons. The molecule has 1 amide bonds. The average Bonchev–Trinajstić information content (AvgIpc) is 2.98. The van der Waals surface area contributed by atoms with Crippen LogP contribution in [-0.2, 0) is 9.67 Å². The lowest BCUT2D eigenvalue weighted by atomic mass is 9.99. The molecule has 0 bridgehead atoms. The summed E-state index contributed by atoms with van der Waals surface area (Å²) < 4.78 is 33.5. The molecule has 2 heterocycles. The van der Waals surface area contributed by atoms with Gasteiger partial charge in [-0.25, -0.2) is 13.8 Å². The van der Waals surface area contributed by atoms with E-state index in [4.69, 9.17) is 4.74 Å². The lowest BCUT2D eigenvalue weighted by molar-refractivity contribution is -0.132. The Labute approximate surface area is 147 Å². The molecule has 4 rings (SSSR count). The van der Waals surface area contributed by atoms with Crippen molar-refractivity contribution in [3.63, 3.8) is 0 Å². The van der Waals surface area contributed by atoms with Gasteiger partial charge in [0.05, 0.1) is 6.61 Å². The quantitative estimate of drug-likeness (QED) is 0.776. The van der Waals surface area contributed by atoms with Gasteiger partial charge in [0.2, 0.25) is 5.91 Å². The predicted molar refractivity (Wildman–Crippen MR) is 91.2 cm³/mol. The smallest absolute Gasteiger partial charge is 0.241 e. The number of fused-ring (bicyclic) bond motifs is 2. The highest BCUT2D eigenvalue weighted by atomic mass is 32.2. The van der Waals surface area contributed by atoms with Crippen molar-refractivity contribution in [1.82, 2.24) is 5.01 Å². The Bertz CT molecular complexity index is 902. The Morgan fingerprint density at radius 3 is 2.88 bits per heavy atom. The Morgan fingerprint density at radius 2 is 2.08 bits per heavy atom. The van der Waals surface area contributed by atoms with Gasteiger partial charge >= 0.3 is 0 Å². The summed E-state index contributed by atoms with van der Waals surface area (Å²) in [5.74, 6) is -0.726. The Balaban J connectivity index is 1.85. The van der Waals surface area contributed by atoms with Crippen molar-refractivity contribution in [1.29, 1.82) is 0 Å². The second kappa shape index (κ2) is 5.84. The monoisotopic (exact) mass is 360 g/mol. The van der Waals surface area contributed by atoms with E-state index in [0.29, 0.717) is 18.8 Å². The Kier molecular flexibility index (Phi) is 3.76. The Morgan fingerprint density at radius 1 is 1.28 bits per heavy atom. The van der Waals surface area contributed by atoms with Crippen molar-refractivity contribution in [3.05, 3.63) is 65.2 Å². The maximum Gasteiger partial charge on any atom is 0.241 e. The van der Waals surface area contributed by atoms with E-state index < -0.39 is 16.5 Å². The van der Waals surface area contributed by atoms with Crippen molar-refractivity contribution >= 4 is 22.7 Å². The summed E-state index contributed by atoms with van der Waals surface area (Å²) in [6, 6.07) is 10.6. The van der Waals surface area contributed by atoms with Crippen LogP contribution in [0.3, 0.4) is 0 Å². The standard InChI is InChI=1S/C18H14F2N2O2S/c1-11(23)22-18(8-9-24-16-5-3-2-4-14(16)18)25-17(21-22)13-10-12(19)6-7-15(13)20/h2-7,10H,8-9H2,1H3/t18-/m1/s1. The molecular weight excluding hydrogens is 346 g/mol. The summed E-state index contributed by atoms with van der Waals surface area (Å²) in [6.07, 6.45) is 0.498. The summed E-state index contributed by atoms with van der Waals surface area (Å²) >= 11 is 1.26. The molecule has 1 atom stereocenters. The van der Waals surface area contributed by atoms with Crippen LogP contribution >= 0.6 is 11.8 Å². The molecule has 0 saturated carbocycles. The molecule has 2 aliphatic heterocycles. The zero-order valence-electron chi connectivity index (χ0n) is 13.3. The summed E-state index contributed by atoms with van der Waals surface area (Å²) in [5, 5.41) is 5.98. The number of ether oxygens (including phenoxy) is 1. The van der Waals surface area contributed by atoms with Crippen LogP contribution in [0.25, 0.3) is 0 Å². The number of hydrogen-bond donors (Lipinski definition) is 0. The fraction of sp³-hybridized carbons (Fsp3) is 0.222. The van der Waals surface area contributed by atoms with E-state index in [1.54, 1.807) is 0 Å². The number of hydrazone groups is 1. The number of carbonyl (C=O) groups excluding carboxylic acids is 1. The van der Waals surface area contributed by atoms with E-state index in [9.17, 15) is 13.6 Å². The topological polar surface area (TPSA) is 41.9 Å². The van der Waals surface area contributed by atoms with E-state index >= 15 is 0 Å². The fourth-order valence-corrected chi connectivity index (χ4v) is 4.59. The molecule has 1 spiro atoms. The number of rotatable bonds is 1. The lowest BCUT2D eigenvalue weighted by Crippen LogP contribution is -2.43. The first-order valence-corrected chi connectivity index (χ1v) is 8.59. The van der Waals surface area contributed by atoms with Gasteiger partial charge in [0.1, 0.15) is 27.3 Å². The molecule has 0 aromatic heterocycles. The third kappa shape index (κ3) is 2.50. The number of halogens is 2. The second-order valence-electron chi connectivity index (χ2n) is 5.84. The molecule has 2 aromatic carbocycles. The van der Waals surface area contributed by atoms with Crippen LogP contribution in [0, 0.1) is 11.6 Å².